The smallest absolute Gasteiger partial charge is 0.245 e. The first kappa shape index (κ1) is 23.0. The summed E-state index contributed by atoms with van der Waals surface area (Å²) in [5, 5.41) is 3.52. The number of carbonyl (C=O) groups is 2. The minimum Gasteiger partial charge on any atom is -0.337 e. The Morgan fingerprint density at radius 3 is 2.47 bits per heavy atom. The minimum absolute atomic E-state index is 0. The van der Waals surface area contributed by atoms with Gasteiger partial charge in [0.05, 0.1) is 0 Å². The van der Waals surface area contributed by atoms with Gasteiger partial charge in [0.15, 0.2) is 0 Å². The highest BCUT2D eigenvalue weighted by molar-refractivity contribution is 5.89. The number of anilines is 1. The molecule has 0 aromatic carbocycles. The Balaban J connectivity index is 0.00000128. The van der Waals surface area contributed by atoms with Gasteiger partial charge in [0.1, 0.15) is 6.04 Å². The van der Waals surface area contributed by atoms with Gasteiger partial charge in [-0.15, -0.1) is 24.8 Å². The SMILES string of the molecule is Cl.Cl.O=C([C@H]1[C@@H]2CNC[C@@H](C2)[C@@H]2CCCC(=O)N21)N1CCN(c2ncccn2)CC1. The number of carbonyl (C=O) groups excluding carboxylic acids is 2. The van der Waals surface area contributed by atoms with E-state index in [1.165, 1.54) is 0 Å². The molecule has 0 aliphatic carbocycles. The largest absolute Gasteiger partial charge is 0.337 e. The van der Waals surface area contributed by atoms with E-state index in [0.29, 0.717) is 25.4 Å². The molecule has 10 heteroatoms. The van der Waals surface area contributed by atoms with Gasteiger partial charge in [-0.25, -0.2) is 9.97 Å². The first-order valence-electron chi connectivity index (χ1n) is 10.5. The lowest BCUT2D eigenvalue weighted by Gasteiger charge is -2.54. The van der Waals surface area contributed by atoms with Crippen LogP contribution in [0.3, 0.4) is 0 Å². The molecular formula is C20H30Cl2N6O2. The predicted octanol–water partition coefficient (Wildman–Crippen LogP) is 0.958. The van der Waals surface area contributed by atoms with Crippen LogP contribution >= 0.6 is 24.8 Å². The molecule has 5 rings (SSSR count). The van der Waals surface area contributed by atoms with Crippen molar-refractivity contribution < 1.29 is 9.59 Å². The van der Waals surface area contributed by atoms with Crippen molar-refractivity contribution >= 4 is 42.6 Å². The molecule has 2 amide bonds. The predicted molar refractivity (Wildman–Crippen MR) is 118 cm³/mol. The van der Waals surface area contributed by atoms with Crippen molar-refractivity contribution in [3.05, 3.63) is 18.5 Å². The van der Waals surface area contributed by atoms with Crippen LogP contribution in [-0.2, 0) is 9.59 Å². The normalized spacial score (nSPS) is 30.7. The minimum atomic E-state index is -0.290. The number of nitrogens with one attached hydrogen (secondary N) is 1. The summed E-state index contributed by atoms with van der Waals surface area (Å²) in [6.07, 6.45) is 7.14. The van der Waals surface area contributed by atoms with Gasteiger partial charge in [0.25, 0.3) is 0 Å². The highest BCUT2D eigenvalue weighted by atomic mass is 35.5. The molecule has 1 aromatic heterocycles. The third-order valence-electron chi connectivity index (χ3n) is 6.92. The summed E-state index contributed by atoms with van der Waals surface area (Å²) in [7, 11) is 0. The molecular weight excluding hydrogens is 427 g/mol. The van der Waals surface area contributed by atoms with Crippen LogP contribution in [0.1, 0.15) is 25.7 Å². The molecule has 8 nitrogen and oxygen atoms in total. The van der Waals surface area contributed by atoms with Gasteiger partial charge in [0, 0.05) is 63.5 Å². The van der Waals surface area contributed by atoms with Crippen molar-refractivity contribution in [3.63, 3.8) is 0 Å². The van der Waals surface area contributed by atoms with Crippen LogP contribution in [0.4, 0.5) is 5.95 Å². The summed E-state index contributed by atoms with van der Waals surface area (Å²) in [4.78, 5) is 41.1. The van der Waals surface area contributed by atoms with Crippen molar-refractivity contribution in [2.75, 3.05) is 44.2 Å². The molecule has 2 bridgehead atoms. The molecule has 30 heavy (non-hydrogen) atoms. The Morgan fingerprint density at radius 2 is 1.73 bits per heavy atom. The van der Waals surface area contributed by atoms with E-state index >= 15 is 0 Å². The van der Waals surface area contributed by atoms with E-state index in [-0.39, 0.29) is 54.6 Å². The summed E-state index contributed by atoms with van der Waals surface area (Å²) >= 11 is 0. The Morgan fingerprint density at radius 1 is 1.03 bits per heavy atom. The lowest BCUT2D eigenvalue weighted by atomic mass is 9.72. The van der Waals surface area contributed by atoms with Gasteiger partial charge < -0.3 is 20.0 Å². The molecule has 1 N–H and O–H groups in total. The summed E-state index contributed by atoms with van der Waals surface area (Å²) < 4.78 is 0. The lowest BCUT2D eigenvalue weighted by Crippen LogP contribution is -2.69. The number of rotatable bonds is 2. The molecule has 4 atom stereocenters. The maximum atomic E-state index is 13.6. The van der Waals surface area contributed by atoms with Crippen LogP contribution in [0.5, 0.6) is 0 Å². The topological polar surface area (TPSA) is 81.7 Å². The zero-order valence-electron chi connectivity index (χ0n) is 17.0. The molecule has 4 aliphatic heterocycles. The molecule has 0 unspecified atom stereocenters. The monoisotopic (exact) mass is 456 g/mol. The average molecular weight is 457 g/mol. The van der Waals surface area contributed by atoms with Crippen LogP contribution in [0, 0.1) is 11.8 Å². The number of fused-ring (bicyclic) bond motifs is 4. The van der Waals surface area contributed by atoms with E-state index in [4.69, 9.17) is 0 Å². The Bertz CT molecular complexity index is 746. The maximum absolute atomic E-state index is 13.6. The summed E-state index contributed by atoms with van der Waals surface area (Å²) in [5.74, 6) is 1.78. The quantitative estimate of drug-likeness (QED) is 0.713. The fourth-order valence-electron chi connectivity index (χ4n) is 5.60. The Labute approximate surface area is 189 Å². The number of nitrogens with zero attached hydrogens (tertiary/aromatic N) is 5. The second kappa shape index (κ2) is 9.66. The number of halogens is 2. The molecule has 0 saturated carbocycles. The van der Waals surface area contributed by atoms with Crippen molar-refractivity contribution in [1.82, 2.24) is 25.1 Å². The van der Waals surface area contributed by atoms with Crippen LogP contribution in [-0.4, -0.2) is 82.9 Å². The van der Waals surface area contributed by atoms with Gasteiger partial charge in [-0.2, -0.15) is 0 Å². The first-order chi connectivity index (χ1) is 13.7. The molecule has 4 fully saturated rings. The third-order valence-corrected chi connectivity index (χ3v) is 6.92. The van der Waals surface area contributed by atoms with Crippen LogP contribution < -0.4 is 10.2 Å². The Kier molecular flexibility index (Phi) is 7.42. The molecule has 0 spiro atoms. The number of aromatic nitrogens is 2. The zero-order valence-corrected chi connectivity index (χ0v) is 18.6. The highest BCUT2D eigenvalue weighted by Gasteiger charge is 2.51. The Hall–Kier alpha value is -1.64. The highest BCUT2D eigenvalue weighted by Crippen LogP contribution is 2.40. The average Bonchev–Trinajstić information content (AvgIpc) is 2.75. The third kappa shape index (κ3) is 4.09. The molecule has 0 radical (unpaired) electrons. The number of hydrogen-bond donors (Lipinski definition) is 1. The van der Waals surface area contributed by atoms with Gasteiger partial charge in [-0.05, 0) is 37.8 Å². The first-order valence-corrected chi connectivity index (χ1v) is 10.5. The van der Waals surface area contributed by atoms with Crippen molar-refractivity contribution in [2.45, 2.75) is 37.8 Å². The number of amides is 2. The van der Waals surface area contributed by atoms with E-state index in [0.717, 1.165) is 51.4 Å². The van der Waals surface area contributed by atoms with Gasteiger partial charge >= 0.3 is 0 Å². The van der Waals surface area contributed by atoms with E-state index in [9.17, 15) is 9.59 Å². The summed E-state index contributed by atoms with van der Waals surface area (Å²) in [6, 6.07) is 1.75. The van der Waals surface area contributed by atoms with E-state index in [1.54, 1.807) is 12.4 Å². The lowest BCUT2D eigenvalue weighted by molar-refractivity contribution is -0.162. The fourth-order valence-corrected chi connectivity index (χ4v) is 5.60. The molecule has 4 aliphatic rings. The maximum Gasteiger partial charge on any atom is 0.245 e. The summed E-state index contributed by atoms with van der Waals surface area (Å²) in [6.45, 7) is 4.58. The van der Waals surface area contributed by atoms with Crippen LogP contribution in [0.25, 0.3) is 0 Å². The van der Waals surface area contributed by atoms with Gasteiger partial charge in [-0.1, -0.05) is 0 Å². The number of hydrogen-bond acceptors (Lipinski definition) is 6. The zero-order chi connectivity index (χ0) is 19.1. The van der Waals surface area contributed by atoms with E-state index < -0.39 is 0 Å². The molecule has 166 valence electrons. The van der Waals surface area contributed by atoms with E-state index in [2.05, 4.69) is 20.2 Å². The summed E-state index contributed by atoms with van der Waals surface area (Å²) in [5.41, 5.74) is 0. The van der Waals surface area contributed by atoms with Crippen molar-refractivity contribution in [2.24, 2.45) is 11.8 Å². The molecule has 1 aromatic rings. The van der Waals surface area contributed by atoms with Crippen molar-refractivity contribution in [3.8, 4) is 0 Å². The second-order valence-electron chi connectivity index (χ2n) is 8.48. The second-order valence-corrected chi connectivity index (χ2v) is 8.48. The molecule has 4 saturated heterocycles. The van der Waals surface area contributed by atoms with Gasteiger partial charge in [-0.3, -0.25) is 9.59 Å². The number of piperidine rings is 3. The fraction of sp³-hybridized carbons (Fsp3) is 0.700. The number of piperazine rings is 1. The standard InChI is InChI=1S/C20H28N6O2.2ClH/c27-17-4-1-3-16-14-11-15(13-21-12-14)18(26(16)17)19(28)24-7-9-25(10-8-24)20-22-5-2-6-23-20;;/h2,5-6,14-16,18,21H,1,3-4,7-13H2;2*1H/t14-,15+,16+,18-;;/m1../s1. The molecule has 5 heterocycles. The van der Waals surface area contributed by atoms with Gasteiger partial charge in [0.2, 0.25) is 17.8 Å². The van der Waals surface area contributed by atoms with Crippen LogP contribution in [0.15, 0.2) is 18.5 Å². The van der Waals surface area contributed by atoms with E-state index in [1.807, 2.05) is 15.9 Å². The van der Waals surface area contributed by atoms with Crippen LogP contribution in [0.2, 0.25) is 0 Å². The van der Waals surface area contributed by atoms with Crippen molar-refractivity contribution in [1.29, 1.82) is 0 Å².